The number of carbonyl (C=O) groups is 1. The highest BCUT2D eigenvalue weighted by Crippen LogP contribution is 2.40. The van der Waals surface area contributed by atoms with Crippen molar-refractivity contribution < 1.29 is 9.90 Å². The Morgan fingerprint density at radius 2 is 2.20 bits per heavy atom. The minimum absolute atomic E-state index is 0.0558. The number of para-hydroxylation sites is 1. The van der Waals surface area contributed by atoms with E-state index in [0.717, 1.165) is 29.7 Å². The monoisotopic (exact) mass is 203 g/mol. The van der Waals surface area contributed by atoms with Crippen LogP contribution in [0.2, 0.25) is 0 Å². The number of benzene rings is 1. The number of rotatable bonds is 2. The van der Waals surface area contributed by atoms with Crippen LogP contribution in [0.1, 0.15) is 24.0 Å². The summed E-state index contributed by atoms with van der Waals surface area (Å²) < 4.78 is 0. The molecular formula is C12H13NO2. The van der Waals surface area contributed by atoms with Crippen molar-refractivity contribution in [1.29, 1.82) is 0 Å². The predicted molar refractivity (Wildman–Crippen MR) is 56.7 cm³/mol. The standard InChI is InChI=1S/C12H13NO2/c14-10-6-8-2-1-3-9(11(8)13-10)7-12(15)4-5-12/h1-3,15H,4-7H2,(H,13,14). The Balaban J connectivity index is 1.95. The zero-order valence-corrected chi connectivity index (χ0v) is 8.42. The number of fused-ring (bicyclic) bond motifs is 1. The molecule has 1 fully saturated rings. The second-order valence-electron chi connectivity index (χ2n) is 4.58. The maximum Gasteiger partial charge on any atom is 0.228 e. The lowest BCUT2D eigenvalue weighted by Crippen LogP contribution is -2.12. The first-order valence-electron chi connectivity index (χ1n) is 5.29. The Kier molecular flexibility index (Phi) is 1.68. The summed E-state index contributed by atoms with van der Waals surface area (Å²) in [6, 6.07) is 5.91. The van der Waals surface area contributed by atoms with Crippen LogP contribution >= 0.6 is 0 Å². The molecule has 1 aromatic carbocycles. The highest BCUT2D eigenvalue weighted by atomic mass is 16.3. The summed E-state index contributed by atoms with van der Waals surface area (Å²) in [7, 11) is 0. The van der Waals surface area contributed by atoms with Crippen molar-refractivity contribution in [2.24, 2.45) is 0 Å². The number of hydrogen-bond donors (Lipinski definition) is 2. The fourth-order valence-electron chi connectivity index (χ4n) is 2.14. The lowest BCUT2D eigenvalue weighted by atomic mass is 10.0. The van der Waals surface area contributed by atoms with E-state index in [4.69, 9.17) is 0 Å². The van der Waals surface area contributed by atoms with Crippen molar-refractivity contribution in [2.45, 2.75) is 31.3 Å². The zero-order chi connectivity index (χ0) is 10.5. The topological polar surface area (TPSA) is 49.3 Å². The summed E-state index contributed by atoms with van der Waals surface area (Å²) in [6.07, 6.45) is 2.90. The van der Waals surface area contributed by atoms with E-state index < -0.39 is 5.60 Å². The molecule has 1 saturated carbocycles. The summed E-state index contributed by atoms with van der Waals surface area (Å²) in [5.74, 6) is 0.0558. The Bertz CT molecular complexity index is 435. The van der Waals surface area contributed by atoms with E-state index in [0.29, 0.717) is 12.8 Å². The summed E-state index contributed by atoms with van der Waals surface area (Å²) in [4.78, 5) is 11.3. The molecule has 1 amide bonds. The lowest BCUT2D eigenvalue weighted by molar-refractivity contribution is -0.115. The number of aliphatic hydroxyl groups is 1. The van der Waals surface area contributed by atoms with E-state index in [1.54, 1.807) is 0 Å². The second kappa shape index (κ2) is 2.83. The largest absolute Gasteiger partial charge is 0.390 e. The minimum Gasteiger partial charge on any atom is -0.390 e. The molecule has 1 aromatic rings. The van der Waals surface area contributed by atoms with Gasteiger partial charge in [0.1, 0.15) is 0 Å². The van der Waals surface area contributed by atoms with Crippen LogP contribution in [-0.2, 0) is 17.6 Å². The first-order chi connectivity index (χ1) is 7.16. The number of amides is 1. The van der Waals surface area contributed by atoms with Gasteiger partial charge in [-0.05, 0) is 24.0 Å². The third kappa shape index (κ3) is 1.53. The number of hydrogen-bond acceptors (Lipinski definition) is 2. The maximum atomic E-state index is 11.3. The Labute approximate surface area is 88.1 Å². The third-order valence-electron chi connectivity index (χ3n) is 3.20. The quantitative estimate of drug-likeness (QED) is 0.760. The average molecular weight is 203 g/mol. The molecule has 15 heavy (non-hydrogen) atoms. The van der Waals surface area contributed by atoms with Crippen LogP contribution in [0.3, 0.4) is 0 Å². The minimum atomic E-state index is -0.498. The fourth-order valence-corrected chi connectivity index (χ4v) is 2.14. The molecule has 0 spiro atoms. The number of nitrogens with one attached hydrogen (secondary N) is 1. The molecule has 3 heteroatoms. The van der Waals surface area contributed by atoms with Gasteiger partial charge < -0.3 is 10.4 Å². The maximum absolute atomic E-state index is 11.3. The van der Waals surface area contributed by atoms with Crippen LogP contribution in [0.5, 0.6) is 0 Å². The SMILES string of the molecule is O=C1Cc2cccc(CC3(O)CC3)c2N1. The van der Waals surface area contributed by atoms with Gasteiger partial charge in [0.15, 0.2) is 0 Å². The van der Waals surface area contributed by atoms with E-state index >= 15 is 0 Å². The predicted octanol–water partition coefficient (Wildman–Crippen LogP) is 1.25. The fraction of sp³-hybridized carbons (Fsp3) is 0.417. The summed E-state index contributed by atoms with van der Waals surface area (Å²) in [5.41, 5.74) is 2.56. The van der Waals surface area contributed by atoms with Crippen LogP contribution in [0, 0.1) is 0 Å². The molecule has 0 aromatic heterocycles. The Morgan fingerprint density at radius 1 is 1.40 bits per heavy atom. The van der Waals surface area contributed by atoms with E-state index in [1.807, 2.05) is 18.2 Å². The van der Waals surface area contributed by atoms with Crippen molar-refractivity contribution in [3.63, 3.8) is 0 Å². The molecule has 1 aliphatic carbocycles. The molecule has 1 aliphatic heterocycles. The van der Waals surface area contributed by atoms with Crippen LogP contribution in [0.4, 0.5) is 5.69 Å². The van der Waals surface area contributed by atoms with Gasteiger partial charge in [-0.1, -0.05) is 18.2 Å². The van der Waals surface area contributed by atoms with Gasteiger partial charge in [-0.3, -0.25) is 4.79 Å². The van der Waals surface area contributed by atoms with Crippen molar-refractivity contribution >= 4 is 11.6 Å². The highest BCUT2D eigenvalue weighted by Gasteiger charge is 2.41. The van der Waals surface area contributed by atoms with Crippen molar-refractivity contribution in [2.75, 3.05) is 5.32 Å². The zero-order valence-electron chi connectivity index (χ0n) is 8.42. The molecule has 1 heterocycles. The molecule has 0 bridgehead atoms. The van der Waals surface area contributed by atoms with Gasteiger partial charge >= 0.3 is 0 Å². The summed E-state index contributed by atoms with van der Waals surface area (Å²) in [6.45, 7) is 0. The molecule has 0 saturated heterocycles. The molecule has 2 N–H and O–H groups in total. The van der Waals surface area contributed by atoms with Gasteiger partial charge in [-0.25, -0.2) is 0 Å². The van der Waals surface area contributed by atoms with E-state index in [-0.39, 0.29) is 5.91 Å². The van der Waals surface area contributed by atoms with E-state index in [1.165, 1.54) is 0 Å². The molecule has 0 atom stereocenters. The van der Waals surface area contributed by atoms with Gasteiger partial charge in [0.2, 0.25) is 5.91 Å². The highest BCUT2D eigenvalue weighted by molar-refractivity contribution is 6.00. The van der Waals surface area contributed by atoms with Crippen LogP contribution < -0.4 is 5.32 Å². The van der Waals surface area contributed by atoms with Crippen LogP contribution in [0.15, 0.2) is 18.2 Å². The molecule has 2 aliphatic rings. The molecule has 3 rings (SSSR count). The van der Waals surface area contributed by atoms with Crippen LogP contribution in [-0.4, -0.2) is 16.6 Å². The number of carbonyl (C=O) groups excluding carboxylic acids is 1. The summed E-state index contributed by atoms with van der Waals surface area (Å²) in [5, 5.41) is 12.7. The van der Waals surface area contributed by atoms with Crippen molar-refractivity contribution in [1.82, 2.24) is 0 Å². The molecular weight excluding hydrogens is 190 g/mol. The molecule has 3 nitrogen and oxygen atoms in total. The summed E-state index contributed by atoms with van der Waals surface area (Å²) >= 11 is 0. The van der Waals surface area contributed by atoms with Gasteiger partial charge in [0.25, 0.3) is 0 Å². The smallest absolute Gasteiger partial charge is 0.228 e. The van der Waals surface area contributed by atoms with Gasteiger partial charge in [-0.15, -0.1) is 0 Å². The lowest BCUT2D eigenvalue weighted by Gasteiger charge is -2.11. The van der Waals surface area contributed by atoms with Gasteiger partial charge in [0, 0.05) is 12.1 Å². The molecule has 0 radical (unpaired) electrons. The Morgan fingerprint density at radius 3 is 2.93 bits per heavy atom. The number of anilines is 1. The molecule has 78 valence electrons. The average Bonchev–Trinajstić information content (AvgIpc) is 2.76. The van der Waals surface area contributed by atoms with E-state index in [2.05, 4.69) is 5.32 Å². The first-order valence-corrected chi connectivity index (χ1v) is 5.29. The van der Waals surface area contributed by atoms with Gasteiger partial charge in [0.05, 0.1) is 12.0 Å². The third-order valence-corrected chi connectivity index (χ3v) is 3.20. The molecule has 0 unspecified atom stereocenters. The van der Waals surface area contributed by atoms with Gasteiger partial charge in [-0.2, -0.15) is 0 Å². The second-order valence-corrected chi connectivity index (χ2v) is 4.58. The normalized spacial score (nSPS) is 21.0. The van der Waals surface area contributed by atoms with Crippen molar-refractivity contribution in [3.05, 3.63) is 29.3 Å². The van der Waals surface area contributed by atoms with E-state index in [9.17, 15) is 9.90 Å². The van der Waals surface area contributed by atoms with Crippen LogP contribution in [0.25, 0.3) is 0 Å². The van der Waals surface area contributed by atoms with Crippen molar-refractivity contribution in [3.8, 4) is 0 Å². The first kappa shape index (κ1) is 8.92. The Hall–Kier alpha value is -1.35.